The van der Waals surface area contributed by atoms with Crippen molar-refractivity contribution in [2.24, 2.45) is 0 Å². The summed E-state index contributed by atoms with van der Waals surface area (Å²) in [7, 11) is 1.64. The minimum Gasteiger partial charge on any atom is -0.490 e. The van der Waals surface area contributed by atoms with Gasteiger partial charge < -0.3 is 24.3 Å². The van der Waals surface area contributed by atoms with Gasteiger partial charge in [0, 0.05) is 36.6 Å². The van der Waals surface area contributed by atoms with Crippen molar-refractivity contribution in [2.45, 2.75) is 32.9 Å². The maximum absolute atomic E-state index is 6.66. The van der Waals surface area contributed by atoms with E-state index in [-0.39, 0.29) is 12.1 Å². The molecule has 9 heteroatoms. The molecule has 0 aliphatic carbocycles. The molecule has 0 saturated carbocycles. The van der Waals surface area contributed by atoms with Gasteiger partial charge in [0.2, 0.25) is 0 Å². The van der Waals surface area contributed by atoms with E-state index in [4.69, 9.17) is 33.3 Å². The van der Waals surface area contributed by atoms with Gasteiger partial charge in [-0.05, 0) is 86.6 Å². The lowest BCUT2D eigenvalue weighted by Crippen LogP contribution is -2.29. The predicted octanol–water partition coefficient (Wildman–Crippen LogP) is 6.05. The van der Waals surface area contributed by atoms with Crippen molar-refractivity contribution in [2.75, 3.05) is 25.2 Å². The van der Waals surface area contributed by atoms with E-state index in [1.807, 2.05) is 54.9 Å². The smallest absolute Gasteiger partial charge is 0.174 e. The molecule has 1 N–H and O–H groups in total. The maximum atomic E-state index is 6.66. The molecule has 3 aromatic heterocycles. The number of benzene rings is 1. The summed E-state index contributed by atoms with van der Waals surface area (Å²) >= 11 is 12.6. The van der Waals surface area contributed by atoms with Gasteiger partial charge in [0.25, 0.3) is 0 Å². The van der Waals surface area contributed by atoms with Crippen molar-refractivity contribution in [1.29, 1.82) is 0 Å². The van der Waals surface area contributed by atoms with Gasteiger partial charge in [-0.3, -0.25) is 4.98 Å². The van der Waals surface area contributed by atoms with Gasteiger partial charge in [0.1, 0.15) is 18.2 Å². The molecular weight excluding hydrogens is 518 g/mol. The van der Waals surface area contributed by atoms with E-state index in [1.54, 1.807) is 7.11 Å². The zero-order valence-electron chi connectivity index (χ0n) is 21.8. The van der Waals surface area contributed by atoms with Crippen LogP contribution in [-0.4, -0.2) is 40.0 Å². The lowest BCUT2D eigenvalue weighted by Gasteiger charge is -2.28. The first-order valence-corrected chi connectivity index (χ1v) is 13.2. The van der Waals surface area contributed by atoms with Crippen LogP contribution in [0.3, 0.4) is 0 Å². The van der Waals surface area contributed by atoms with Crippen molar-refractivity contribution in [3.63, 3.8) is 0 Å². The Hall–Kier alpha value is -3.46. The van der Waals surface area contributed by atoms with Gasteiger partial charge in [-0.25, -0.2) is 4.98 Å². The molecule has 0 radical (unpaired) electrons. The average molecular weight is 548 g/mol. The molecule has 0 bridgehead atoms. The quantitative estimate of drug-likeness (QED) is 0.213. The van der Waals surface area contributed by atoms with Gasteiger partial charge in [-0.15, -0.1) is 0 Å². The SMILES string of the molecule is COCCOc1ccc(N2C(=S)N[C@H](c3ccccn3)[C@H]2c2cc(C)n(-c3ncccc3C)c2C)cc1Cl. The predicted molar refractivity (Wildman–Crippen MR) is 155 cm³/mol. The number of methoxy groups -OCH3 is 1. The van der Waals surface area contributed by atoms with E-state index < -0.39 is 0 Å². The van der Waals surface area contributed by atoms with Gasteiger partial charge in [0.15, 0.2) is 5.11 Å². The molecule has 1 aromatic carbocycles. The Bertz CT molecular complexity index is 1460. The van der Waals surface area contributed by atoms with E-state index in [0.717, 1.165) is 39.7 Å². The minimum atomic E-state index is -0.169. The Balaban J connectivity index is 1.61. The first-order chi connectivity index (χ1) is 18.4. The molecule has 38 heavy (non-hydrogen) atoms. The number of pyridine rings is 2. The fraction of sp³-hybridized carbons (Fsp3) is 0.276. The van der Waals surface area contributed by atoms with Gasteiger partial charge in [0.05, 0.1) is 29.4 Å². The summed E-state index contributed by atoms with van der Waals surface area (Å²) in [6.45, 7) is 7.22. The lowest BCUT2D eigenvalue weighted by atomic mass is 9.96. The number of hydrogen-bond donors (Lipinski definition) is 1. The molecule has 1 aliphatic rings. The molecule has 4 aromatic rings. The number of halogens is 1. The van der Waals surface area contributed by atoms with Crippen LogP contribution >= 0.6 is 23.8 Å². The van der Waals surface area contributed by atoms with Crippen LogP contribution in [-0.2, 0) is 4.74 Å². The molecule has 5 rings (SSSR count). The zero-order valence-corrected chi connectivity index (χ0v) is 23.4. The van der Waals surface area contributed by atoms with Crippen molar-refractivity contribution >= 4 is 34.6 Å². The lowest BCUT2D eigenvalue weighted by molar-refractivity contribution is 0.146. The molecule has 2 atom stereocenters. The highest BCUT2D eigenvalue weighted by atomic mass is 35.5. The molecule has 196 valence electrons. The van der Waals surface area contributed by atoms with Gasteiger partial charge >= 0.3 is 0 Å². The summed E-state index contributed by atoms with van der Waals surface area (Å²) in [5.74, 6) is 1.52. The molecule has 1 fully saturated rings. The minimum absolute atomic E-state index is 0.168. The van der Waals surface area contributed by atoms with Gasteiger partial charge in [-0.2, -0.15) is 0 Å². The fourth-order valence-electron chi connectivity index (χ4n) is 5.07. The normalized spacial score (nSPS) is 17.1. The van der Waals surface area contributed by atoms with Crippen LogP contribution < -0.4 is 15.0 Å². The summed E-state index contributed by atoms with van der Waals surface area (Å²) in [6, 6.07) is 17.6. The topological polar surface area (TPSA) is 64.4 Å². The molecular formula is C29H30ClN5O2S. The third kappa shape index (κ3) is 4.87. The number of thiocarbonyl (C=S) groups is 1. The van der Waals surface area contributed by atoms with E-state index in [9.17, 15) is 0 Å². The van der Waals surface area contributed by atoms with Crippen LogP contribution in [0.25, 0.3) is 5.82 Å². The maximum Gasteiger partial charge on any atom is 0.174 e. The highest BCUT2D eigenvalue weighted by Gasteiger charge is 2.42. The number of anilines is 1. The second-order valence-corrected chi connectivity index (χ2v) is 10.1. The van der Waals surface area contributed by atoms with E-state index in [1.165, 1.54) is 0 Å². The molecule has 0 amide bonds. The second kappa shape index (κ2) is 11.1. The third-order valence-electron chi connectivity index (χ3n) is 6.82. The molecule has 1 saturated heterocycles. The number of ether oxygens (including phenoxy) is 2. The summed E-state index contributed by atoms with van der Waals surface area (Å²) in [5.41, 5.74) is 6.21. The summed E-state index contributed by atoms with van der Waals surface area (Å²) in [5, 5.41) is 4.64. The highest BCUT2D eigenvalue weighted by Crippen LogP contribution is 2.45. The van der Waals surface area contributed by atoms with Crippen LogP contribution in [0, 0.1) is 20.8 Å². The summed E-state index contributed by atoms with van der Waals surface area (Å²) < 4.78 is 13.1. The molecule has 7 nitrogen and oxygen atoms in total. The van der Waals surface area contributed by atoms with Crippen LogP contribution in [0.2, 0.25) is 5.02 Å². The Morgan fingerprint density at radius 1 is 1.00 bits per heavy atom. The molecule has 0 unspecified atom stereocenters. The second-order valence-electron chi connectivity index (χ2n) is 9.26. The van der Waals surface area contributed by atoms with Crippen molar-refractivity contribution in [3.8, 4) is 11.6 Å². The number of nitrogens with one attached hydrogen (secondary N) is 1. The number of hydrogen-bond acceptors (Lipinski definition) is 5. The molecule has 4 heterocycles. The summed E-state index contributed by atoms with van der Waals surface area (Å²) in [4.78, 5) is 11.5. The monoisotopic (exact) mass is 547 g/mol. The zero-order chi connectivity index (χ0) is 26.8. The van der Waals surface area contributed by atoms with E-state index in [0.29, 0.717) is 29.1 Å². The molecule has 0 spiro atoms. The van der Waals surface area contributed by atoms with Gasteiger partial charge in [-0.1, -0.05) is 23.7 Å². The first kappa shape index (κ1) is 26.2. The fourth-order valence-corrected chi connectivity index (χ4v) is 5.64. The van der Waals surface area contributed by atoms with Crippen LogP contribution in [0.1, 0.15) is 40.3 Å². The van der Waals surface area contributed by atoms with Crippen molar-refractivity contribution < 1.29 is 9.47 Å². The number of aryl methyl sites for hydroxylation is 2. The Labute approximate surface area is 233 Å². The molecule has 1 aliphatic heterocycles. The third-order valence-corrected chi connectivity index (χ3v) is 7.43. The number of aromatic nitrogens is 3. The van der Waals surface area contributed by atoms with Crippen LogP contribution in [0.4, 0.5) is 5.69 Å². The number of rotatable bonds is 8. The average Bonchev–Trinajstić information content (AvgIpc) is 3.41. The Kier molecular flexibility index (Phi) is 7.65. The number of nitrogens with zero attached hydrogens (tertiary/aromatic N) is 4. The largest absolute Gasteiger partial charge is 0.490 e. The summed E-state index contributed by atoms with van der Waals surface area (Å²) in [6.07, 6.45) is 3.64. The van der Waals surface area contributed by atoms with Crippen molar-refractivity contribution in [3.05, 3.63) is 100 Å². The van der Waals surface area contributed by atoms with Crippen LogP contribution in [0.15, 0.2) is 67.0 Å². The Morgan fingerprint density at radius 3 is 2.53 bits per heavy atom. The van der Waals surface area contributed by atoms with Crippen molar-refractivity contribution in [1.82, 2.24) is 19.9 Å². The Morgan fingerprint density at radius 2 is 1.82 bits per heavy atom. The first-order valence-electron chi connectivity index (χ1n) is 12.4. The van der Waals surface area contributed by atoms with E-state index in [2.05, 4.69) is 57.7 Å². The van der Waals surface area contributed by atoms with E-state index >= 15 is 0 Å². The standard InChI is InChI=1S/C29H30ClN5O2S/c1-18-8-7-13-32-28(18)34-19(2)16-22(20(34)3)27-26(24-9-5-6-12-31-24)33-29(38)35(27)21-10-11-25(23(30)17-21)37-15-14-36-4/h5-13,16-17,26-27H,14-15H2,1-4H3,(H,33,38)/t26-,27-/m1/s1. The highest BCUT2D eigenvalue weighted by molar-refractivity contribution is 7.80. The van der Waals surface area contributed by atoms with Crippen LogP contribution in [0.5, 0.6) is 5.75 Å².